The Bertz CT molecular complexity index is 211. The lowest BCUT2D eigenvalue weighted by Gasteiger charge is -2.18. The van der Waals surface area contributed by atoms with E-state index >= 15 is 0 Å². The van der Waals surface area contributed by atoms with Gasteiger partial charge >= 0.3 is 0 Å². The van der Waals surface area contributed by atoms with E-state index in [1.54, 1.807) is 0 Å². The van der Waals surface area contributed by atoms with Gasteiger partial charge in [-0.3, -0.25) is 0 Å². The van der Waals surface area contributed by atoms with Crippen molar-refractivity contribution in [2.75, 3.05) is 0 Å². The summed E-state index contributed by atoms with van der Waals surface area (Å²) in [7, 11) is 0. The van der Waals surface area contributed by atoms with Crippen molar-refractivity contribution in [1.29, 1.82) is 0 Å². The summed E-state index contributed by atoms with van der Waals surface area (Å²) in [5, 5.41) is 0. The molecule has 0 aliphatic carbocycles. The molecule has 1 aromatic rings. The van der Waals surface area contributed by atoms with Gasteiger partial charge in [0, 0.05) is 0 Å². The first kappa shape index (κ1) is 9.31. The first-order chi connectivity index (χ1) is 5.75. The Morgan fingerprint density at radius 1 is 1.25 bits per heavy atom. The Kier molecular flexibility index (Phi) is 3.33. The molecule has 0 aliphatic rings. The van der Waals surface area contributed by atoms with E-state index in [1.165, 1.54) is 12.0 Å². The van der Waals surface area contributed by atoms with Gasteiger partial charge in [0.15, 0.2) is 0 Å². The van der Waals surface area contributed by atoms with Gasteiger partial charge in [-0.15, -0.1) is 0 Å². The molecule has 1 rings (SSSR count). The van der Waals surface area contributed by atoms with Crippen LogP contribution in [0, 0.1) is 12.0 Å². The summed E-state index contributed by atoms with van der Waals surface area (Å²) < 4.78 is 0. The first-order valence-corrected chi connectivity index (χ1v) is 4.71. The topological polar surface area (TPSA) is 0 Å². The molecule has 0 aromatic heterocycles. The Morgan fingerprint density at radius 3 is 2.25 bits per heavy atom. The number of benzene rings is 1. The lowest BCUT2D eigenvalue weighted by atomic mass is 9.86. The maximum atomic E-state index is 3.05. The molecule has 0 heteroatoms. The molecular formula is C12H17. The maximum Gasteiger partial charge on any atom is -0.0141 e. The Morgan fingerprint density at radius 2 is 1.83 bits per heavy atom. The Hall–Kier alpha value is -0.780. The van der Waals surface area contributed by atoms with Crippen molar-refractivity contribution in [1.82, 2.24) is 0 Å². The highest BCUT2D eigenvalue weighted by Crippen LogP contribution is 2.26. The molecule has 0 amide bonds. The SMILES string of the molecule is CCC(c1cc[c]cc1)C(C)C. The molecule has 1 atom stereocenters. The fourth-order valence-corrected chi connectivity index (χ4v) is 1.74. The zero-order chi connectivity index (χ0) is 8.97. The fourth-order valence-electron chi connectivity index (χ4n) is 1.74. The normalized spacial score (nSPS) is 13.3. The summed E-state index contributed by atoms with van der Waals surface area (Å²) in [5.41, 5.74) is 1.45. The molecule has 1 aromatic carbocycles. The van der Waals surface area contributed by atoms with Crippen LogP contribution in [0.5, 0.6) is 0 Å². The molecule has 0 N–H and O–H groups in total. The van der Waals surface area contributed by atoms with Crippen LogP contribution >= 0.6 is 0 Å². The molecular weight excluding hydrogens is 144 g/mol. The van der Waals surface area contributed by atoms with Gasteiger partial charge in [0.05, 0.1) is 0 Å². The van der Waals surface area contributed by atoms with E-state index in [1.807, 2.05) is 12.1 Å². The van der Waals surface area contributed by atoms with E-state index in [9.17, 15) is 0 Å². The summed E-state index contributed by atoms with van der Waals surface area (Å²) in [4.78, 5) is 0. The van der Waals surface area contributed by atoms with Gasteiger partial charge in [0.2, 0.25) is 0 Å². The zero-order valence-corrected chi connectivity index (χ0v) is 8.17. The Balaban J connectivity index is 2.80. The van der Waals surface area contributed by atoms with Gasteiger partial charge in [0.25, 0.3) is 0 Å². The minimum atomic E-state index is 0.708. The monoisotopic (exact) mass is 161 g/mol. The largest absolute Gasteiger partial charge is 0.0648 e. The summed E-state index contributed by atoms with van der Waals surface area (Å²) >= 11 is 0. The van der Waals surface area contributed by atoms with E-state index in [0.29, 0.717) is 5.92 Å². The van der Waals surface area contributed by atoms with Gasteiger partial charge in [-0.05, 0) is 29.9 Å². The van der Waals surface area contributed by atoms with Crippen LogP contribution in [0.15, 0.2) is 24.3 Å². The third kappa shape index (κ3) is 2.10. The van der Waals surface area contributed by atoms with Gasteiger partial charge < -0.3 is 0 Å². The van der Waals surface area contributed by atoms with Crippen LogP contribution in [-0.4, -0.2) is 0 Å². The smallest absolute Gasteiger partial charge is 0.0141 e. The van der Waals surface area contributed by atoms with E-state index in [2.05, 4.69) is 39.0 Å². The van der Waals surface area contributed by atoms with Crippen LogP contribution in [0.1, 0.15) is 38.7 Å². The van der Waals surface area contributed by atoms with Gasteiger partial charge in [-0.1, -0.05) is 45.0 Å². The van der Waals surface area contributed by atoms with Crippen molar-refractivity contribution in [3.8, 4) is 0 Å². The third-order valence-electron chi connectivity index (χ3n) is 2.42. The summed E-state index contributed by atoms with van der Waals surface area (Å²) in [6, 6.07) is 11.4. The quantitative estimate of drug-likeness (QED) is 0.635. The number of hydrogen-bond donors (Lipinski definition) is 0. The van der Waals surface area contributed by atoms with Crippen LogP contribution in [0.4, 0.5) is 0 Å². The average molecular weight is 161 g/mol. The third-order valence-corrected chi connectivity index (χ3v) is 2.42. The molecule has 0 spiro atoms. The second-order valence-electron chi connectivity index (χ2n) is 3.59. The first-order valence-electron chi connectivity index (χ1n) is 4.71. The molecule has 0 heterocycles. The minimum Gasteiger partial charge on any atom is -0.0648 e. The summed E-state index contributed by atoms with van der Waals surface area (Å²) in [5.74, 6) is 1.44. The molecule has 0 aliphatic heterocycles. The molecule has 0 saturated heterocycles. The van der Waals surface area contributed by atoms with E-state index in [4.69, 9.17) is 0 Å². The second-order valence-corrected chi connectivity index (χ2v) is 3.59. The highest BCUT2D eigenvalue weighted by molar-refractivity contribution is 5.19. The second kappa shape index (κ2) is 4.30. The van der Waals surface area contributed by atoms with Gasteiger partial charge in [-0.25, -0.2) is 0 Å². The lowest BCUT2D eigenvalue weighted by molar-refractivity contribution is 0.485. The van der Waals surface area contributed by atoms with Gasteiger partial charge in [0.1, 0.15) is 0 Å². The maximum absolute atomic E-state index is 3.05. The summed E-state index contributed by atoms with van der Waals surface area (Å²) in [6.45, 7) is 6.82. The number of hydrogen-bond acceptors (Lipinski definition) is 0. The molecule has 0 bridgehead atoms. The van der Waals surface area contributed by atoms with Crippen LogP contribution in [0.2, 0.25) is 0 Å². The minimum absolute atomic E-state index is 0.708. The number of rotatable bonds is 3. The zero-order valence-electron chi connectivity index (χ0n) is 8.17. The average Bonchev–Trinajstić information content (AvgIpc) is 2.07. The predicted molar refractivity (Wildman–Crippen MR) is 53.1 cm³/mol. The molecule has 0 fully saturated rings. The van der Waals surface area contributed by atoms with E-state index in [-0.39, 0.29) is 0 Å². The van der Waals surface area contributed by atoms with E-state index < -0.39 is 0 Å². The highest BCUT2D eigenvalue weighted by atomic mass is 14.2. The van der Waals surface area contributed by atoms with Crippen molar-refractivity contribution < 1.29 is 0 Å². The van der Waals surface area contributed by atoms with E-state index in [0.717, 1.165) is 5.92 Å². The predicted octanol–water partition coefficient (Wildman–Crippen LogP) is 3.64. The van der Waals surface area contributed by atoms with Crippen LogP contribution < -0.4 is 0 Å². The summed E-state index contributed by atoms with van der Waals surface area (Å²) in [6.07, 6.45) is 1.22. The fraction of sp³-hybridized carbons (Fsp3) is 0.500. The Labute approximate surface area is 75.6 Å². The van der Waals surface area contributed by atoms with Crippen molar-refractivity contribution >= 4 is 0 Å². The molecule has 12 heavy (non-hydrogen) atoms. The lowest BCUT2D eigenvalue weighted by Crippen LogP contribution is -2.04. The molecule has 1 unspecified atom stereocenters. The van der Waals surface area contributed by atoms with Crippen LogP contribution in [0.25, 0.3) is 0 Å². The van der Waals surface area contributed by atoms with Gasteiger partial charge in [-0.2, -0.15) is 0 Å². The van der Waals surface area contributed by atoms with Crippen molar-refractivity contribution in [2.24, 2.45) is 5.92 Å². The molecule has 0 nitrogen and oxygen atoms in total. The highest BCUT2D eigenvalue weighted by Gasteiger charge is 2.12. The molecule has 0 saturated carbocycles. The molecule has 1 radical (unpaired) electrons. The van der Waals surface area contributed by atoms with Crippen molar-refractivity contribution in [2.45, 2.75) is 33.1 Å². The van der Waals surface area contributed by atoms with Crippen molar-refractivity contribution in [3.05, 3.63) is 35.9 Å². The van der Waals surface area contributed by atoms with Crippen LogP contribution in [-0.2, 0) is 0 Å². The molecule has 65 valence electrons. The van der Waals surface area contributed by atoms with Crippen LogP contribution in [0.3, 0.4) is 0 Å². The standard InChI is InChI=1S/C12H17/c1-4-12(10(2)3)11-8-6-5-7-9-11/h6-10,12H,4H2,1-3H3. The van der Waals surface area contributed by atoms with Crippen molar-refractivity contribution in [3.63, 3.8) is 0 Å².